The maximum absolute atomic E-state index is 12.3. The van der Waals surface area contributed by atoms with E-state index in [4.69, 9.17) is 4.74 Å². The van der Waals surface area contributed by atoms with Gasteiger partial charge in [0.25, 0.3) is 5.91 Å². The molecule has 27 heavy (non-hydrogen) atoms. The molecule has 1 aromatic rings. The number of benzene rings is 1. The summed E-state index contributed by atoms with van der Waals surface area (Å²) in [6, 6.07) is 6.84. The van der Waals surface area contributed by atoms with E-state index in [9.17, 15) is 14.4 Å². The summed E-state index contributed by atoms with van der Waals surface area (Å²) in [6.45, 7) is 6.74. The van der Waals surface area contributed by atoms with E-state index in [-0.39, 0.29) is 23.8 Å². The van der Waals surface area contributed by atoms with Crippen molar-refractivity contribution in [3.63, 3.8) is 0 Å². The van der Waals surface area contributed by atoms with Crippen LogP contribution in [0.3, 0.4) is 0 Å². The van der Waals surface area contributed by atoms with E-state index in [0.717, 1.165) is 12.8 Å². The Labute approximate surface area is 160 Å². The molecule has 0 atom stereocenters. The molecular formula is C20H29N3O4. The monoisotopic (exact) mass is 375 g/mol. The molecule has 0 bridgehead atoms. The van der Waals surface area contributed by atoms with Gasteiger partial charge in [0.2, 0.25) is 5.91 Å². The number of rotatable bonds is 4. The van der Waals surface area contributed by atoms with Gasteiger partial charge < -0.3 is 20.3 Å². The van der Waals surface area contributed by atoms with Crippen molar-refractivity contribution in [1.82, 2.24) is 10.2 Å². The minimum absolute atomic E-state index is 0.0835. The SMILES string of the molecule is CNC(=O)c1cccc(NC(=O)CC2CCN(C(=O)OC(C)(C)C)CC2)c1. The number of nitrogens with zero attached hydrogens (tertiary/aromatic N) is 1. The van der Waals surface area contributed by atoms with E-state index >= 15 is 0 Å². The Kier molecular flexibility index (Phi) is 6.82. The summed E-state index contributed by atoms with van der Waals surface area (Å²) in [6.07, 6.45) is 1.64. The molecule has 2 N–H and O–H groups in total. The largest absolute Gasteiger partial charge is 0.444 e. The highest BCUT2D eigenvalue weighted by Gasteiger charge is 2.27. The first-order valence-corrected chi connectivity index (χ1v) is 9.28. The molecule has 1 aliphatic heterocycles. The summed E-state index contributed by atoms with van der Waals surface area (Å²) in [7, 11) is 1.57. The Balaban J connectivity index is 1.81. The number of likely N-dealkylation sites (tertiary alicyclic amines) is 1. The highest BCUT2D eigenvalue weighted by Crippen LogP contribution is 2.23. The van der Waals surface area contributed by atoms with Crippen molar-refractivity contribution in [2.24, 2.45) is 5.92 Å². The molecule has 0 aromatic heterocycles. The van der Waals surface area contributed by atoms with Crippen LogP contribution in [0.4, 0.5) is 10.5 Å². The van der Waals surface area contributed by atoms with E-state index in [1.807, 2.05) is 20.8 Å². The first-order chi connectivity index (χ1) is 12.7. The number of carbonyl (C=O) groups excluding carboxylic acids is 3. The molecule has 0 spiro atoms. The molecule has 7 nitrogen and oxygen atoms in total. The van der Waals surface area contributed by atoms with Crippen LogP contribution in [-0.4, -0.2) is 48.5 Å². The van der Waals surface area contributed by atoms with E-state index < -0.39 is 5.60 Å². The topological polar surface area (TPSA) is 87.7 Å². The molecular weight excluding hydrogens is 346 g/mol. The van der Waals surface area contributed by atoms with E-state index in [2.05, 4.69) is 10.6 Å². The predicted molar refractivity (Wildman–Crippen MR) is 104 cm³/mol. The number of carbonyl (C=O) groups is 3. The van der Waals surface area contributed by atoms with Crippen molar-refractivity contribution in [1.29, 1.82) is 0 Å². The van der Waals surface area contributed by atoms with E-state index in [1.165, 1.54) is 0 Å². The average molecular weight is 375 g/mol. The zero-order valence-corrected chi connectivity index (χ0v) is 16.5. The molecule has 1 aliphatic rings. The maximum Gasteiger partial charge on any atom is 0.410 e. The summed E-state index contributed by atoms with van der Waals surface area (Å²) in [4.78, 5) is 37.8. The Bertz CT molecular complexity index is 689. The lowest BCUT2D eigenvalue weighted by atomic mass is 9.93. The summed E-state index contributed by atoms with van der Waals surface area (Å²) in [5.74, 6) is -0.0498. The van der Waals surface area contributed by atoms with Crippen LogP contribution >= 0.6 is 0 Å². The van der Waals surface area contributed by atoms with Crippen molar-refractivity contribution in [2.75, 3.05) is 25.5 Å². The Hall–Kier alpha value is -2.57. The number of piperidine rings is 1. The summed E-state index contributed by atoms with van der Waals surface area (Å²) < 4.78 is 5.39. The maximum atomic E-state index is 12.3. The lowest BCUT2D eigenvalue weighted by Gasteiger charge is -2.33. The predicted octanol–water partition coefficient (Wildman–Crippen LogP) is 3.02. The lowest BCUT2D eigenvalue weighted by molar-refractivity contribution is -0.117. The van der Waals surface area contributed by atoms with Gasteiger partial charge in [-0.15, -0.1) is 0 Å². The number of nitrogens with one attached hydrogen (secondary N) is 2. The fourth-order valence-corrected chi connectivity index (χ4v) is 3.00. The van der Waals surface area contributed by atoms with Gasteiger partial charge in [0.15, 0.2) is 0 Å². The van der Waals surface area contributed by atoms with Gasteiger partial charge in [0.1, 0.15) is 5.60 Å². The fraction of sp³-hybridized carbons (Fsp3) is 0.550. The van der Waals surface area contributed by atoms with Crippen LogP contribution in [0.5, 0.6) is 0 Å². The standard InChI is InChI=1S/C20H29N3O4/c1-20(2,3)27-19(26)23-10-8-14(9-11-23)12-17(24)22-16-7-5-6-15(13-16)18(25)21-4/h5-7,13-14H,8-12H2,1-4H3,(H,21,25)(H,22,24). The van der Waals surface area contributed by atoms with Gasteiger partial charge >= 0.3 is 6.09 Å². The van der Waals surface area contributed by atoms with Gasteiger partial charge in [-0.05, 0) is 57.7 Å². The van der Waals surface area contributed by atoms with Crippen molar-refractivity contribution >= 4 is 23.6 Å². The Morgan fingerprint density at radius 2 is 1.85 bits per heavy atom. The molecule has 0 unspecified atom stereocenters. The van der Waals surface area contributed by atoms with E-state index in [0.29, 0.717) is 30.8 Å². The van der Waals surface area contributed by atoms with Crippen LogP contribution < -0.4 is 10.6 Å². The van der Waals surface area contributed by atoms with Crippen molar-refractivity contribution in [3.8, 4) is 0 Å². The summed E-state index contributed by atoms with van der Waals surface area (Å²) in [5.41, 5.74) is 0.602. The second-order valence-electron chi connectivity index (χ2n) is 7.82. The van der Waals surface area contributed by atoms with Gasteiger partial charge in [-0.25, -0.2) is 4.79 Å². The zero-order valence-electron chi connectivity index (χ0n) is 16.5. The quantitative estimate of drug-likeness (QED) is 0.847. The Morgan fingerprint density at radius 3 is 2.44 bits per heavy atom. The van der Waals surface area contributed by atoms with Crippen LogP contribution in [0.1, 0.15) is 50.4 Å². The number of hydrogen-bond donors (Lipinski definition) is 2. The molecule has 0 aliphatic carbocycles. The Morgan fingerprint density at radius 1 is 1.19 bits per heavy atom. The van der Waals surface area contributed by atoms with Gasteiger partial charge in [0.05, 0.1) is 0 Å². The molecule has 1 saturated heterocycles. The molecule has 1 fully saturated rings. The molecule has 3 amide bonds. The lowest BCUT2D eigenvalue weighted by Crippen LogP contribution is -2.42. The van der Waals surface area contributed by atoms with Gasteiger partial charge in [-0.1, -0.05) is 6.07 Å². The zero-order chi connectivity index (χ0) is 20.0. The molecule has 0 saturated carbocycles. The second kappa shape index (κ2) is 8.88. The van der Waals surface area contributed by atoms with Crippen molar-refractivity contribution < 1.29 is 19.1 Å². The van der Waals surface area contributed by atoms with Crippen LogP contribution in [-0.2, 0) is 9.53 Å². The average Bonchev–Trinajstić information content (AvgIpc) is 2.60. The minimum Gasteiger partial charge on any atom is -0.444 e. The summed E-state index contributed by atoms with van der Waals surface area (Å²) in [5, 5.41) is 5.41. The van der Waals surface area contributed by atoms with Gasteiger partial charge in [-0.3, -0.25) is 9.59 Å². The normalized spacial score (nSPS) is 15.2. The molecule has 0 radical (unpaired) electrons. The first-order valence-electron chi connectivity index (χ1n) is 9.28. The smallest absolute Gasteiger partial charge is 0.410 e. The highest BCUT2D eigenvalue weighted by atomic mass is 16.6. The number of anilines is 1. The highest BCUT2D eigenvalue weighted by molar-refractivity contribution is 5.97. The molecule has 2 rings (SSSR count). The molecule has 1 aromatic carbocycles. The van der Waals surface area contributed by atoms with Crippen LogP contribution in [0, 0.1) is 5.92 Å². The third-order valence-electron chi connectivity index (χ3n) is 4.38. The van der Waals surface area contributed by atoms with Gasteiger partial charge in [0, 0.05) is 37.8 Å². The van der Waals surface area contributed by atoms with Crippen LogP contribution in [0.2, 0.25) is 0 Å². The van der Waals surface area contributed by atoms with Crippen LogP contribution in [0.25, 0.3) is 0 Å². The summed E-state index contributed by atoms with van der Waals surface area (Å²) >= 11 is 0. The van der Waals surface area contributed by atoms with Crippen molar-refractivity contribution in [3.05, 3.63) is 29.8 Å². The third kappa shape index (κ3) is 6.58. The number of ether oxygens (including phenoxy) is 1. The minimum atomic E-state index is -0.503. The van der Waals surface area contributed by atoms with Crippen molar-refractivity contribution in [2.45, 2.75) is 45.6 Å². The molecule has 1 heterocycles. The first kappa shape index (κ1) is 20.7. The molecule has 148 valence electrons. The van der Waals surface area contributed by atoms with Gasteiger partial charge in [-0.2, -0.15) is 0 Å². The number of amides is 3. The van der Waals surface area contributed by atoms with E-state index in [1.54, 1.807) is 36.2 Å². The molecule has 7 heteroatoms. The second-order valence-corrected chi connectivity index (χ2v) is 7.82. The third-order valence-corrected chi connectivity index (χ3v) is 4.38. The number of hydrogen-bond acceptors (Lipinski definition) is 4. The fourth-order valence-electron chi connectivity index (χ4n) is 3.00. The van der Waals surface area contributed by atoms with Crippen LogP contribution in [0.15, 0.2) is 24.3 Å².